The predicted molar refractivity (Wildman–Crippen MR) is 85.5 cm³/mol. The van der Waals surface area contributed by atoms with Gasteiger partial charge < -0.3 is 9.88 Å². The van der Waals surface area contributed by atoms with Gasteiger partial charge in [-0.3, -0.25) is 4.79 Å². The minimum atomic E-state index is -1.65. The number of carbonyl (C=O) groups is 1. The first-order valence-electron chi connectivity index (χ1n) is 7.94. The molecule has 1 aromatic heterocycles. The van der Waals surface area contributed by atoms with Crippen molar-refractivity contribution in [3.05, 3.63) is 65.2 Å². The number of halogens is 3. The second-order valence-electron chi connectivity index (χ2n) is 6.02. The van der Waals surface area contributed by atoms with Gasteiger partial charge in [0, 0.05) is 6.04 Å². The lowest BCUT2D eigenvalue weighted by Crippen LogP contribution is -2.26. The van der Waals surface area contributed by atoms with E-state index in [1.165, 1.54) is 0 Å². The van der Waals surface area contributed by atoms with Gasteiger partial charge in [0.1, 0.15) is 5.82 Å². The van der Waals surface area contributed by atoms with Gasteiger partial charge in [0.25, 0.3) is 5.91 Å². The largest absolute Gasteiger partial charge is 0.345 e. The second kappa shape index (κ2) is 5.91. The third-order valence-corrected chi connectivity index (χ3v) is 4.27. The molecule has 0 unspecified atom stereocenters. The molecule has 7 heteroatoms. The SMILES string of the molecule is O=C(NCc1nc2ccccc2n1C1CC1)c1ccc(F)c(F)c1F. The number of nitrogens with zero attached hydrogens (tertiary/aromatic N) is 2. The molecule has 0 saturated heterocycles. The van der Waals surface area contributed by atoms with Crippen molar-refractivity contribution in [3.8, 4) is 0 Å². The summed E-state index contributed by atoms with van der Waals surface area (Å²) < 4.78 is 42.1. The number of benzene rings is 2. The van der Waals surface area contributed by atoms with Gasteiger partial charge in [-0.15, -0.1) is 0 Å². The molecule has 0 bridgehead atoms. The molecule has 1 N–H and O–H groups in total. The van der Waals surface area contributed by atoms with Crippen molar-refractivity contribution in [2.45, 2.75) is 25.4 Å². The van der Waals surface area contributed by atoms with Crippen LogP contribution in [0, 0.1) is 17.5 Å². The van der Waals surface area contributed by atoms with Crippen molar-refractivity contribution >= 4 is 16.9 Å². The van der Waals surface area contributed by atoms with E-state index in [4.69, 9.17) is 0 Å². The lowest BCUT2D eigenvalue weighted by Gasteiger charge is -2.09. The van der Waals surface area contributed by atoms with Crippen LogP contribution in [0.2, 0.25) is 0 Å². The number of imidazole rings is 1. The fourth-order valence-electron chi connectivity index (χ4n) is 2.92. The van der Waals surface area contributed by atoms with Gasteiger partial charge in [-0.2, -0.15) is 0 Å². The minimum Gasteiger partial charge on any atom is -0.345 e. The average Bonchev–Trinajstić information content (AvgIpc) is 3.38. The summed E-state index contributed by atoms with van der Waals surface area (Å²) in [4.78, 5) is 16.7. The second-order valence-corrected chi connectivity index (χ2v) is 6.02. The van der Waals surface area contributed by atoms with E-state index in [2.05, 4.69) is 14.9 Å². The number of fused-ring (bicyclic) bond motifs is 1. The molecule has 0 radical (unpaired) electrons. The Bertz CT molecular complexity index is 979. The van der Waals surface area contributed by atoms with Gasteiger partial charge in [-0.1, -0.05) is 12.1 Å². The first-order chi connectivity index (χ1) is 12.1. The van der Waals surface area contributed by atoms with Gasteiger partial charge >= 0.3 is 0 Å². The first-order valence-corrected chi connectivity index (χ1v) is 7.94. The molecule has 0 aliphatic heterocycles. The smallest absolute Gasteiger partial charge is 0.254 e. The van der Waals surface area contributed by atoms with E-state index in [-0.39, 0.29) is 6.54 Å². The molecule has 3 aromatic rings. The average molecular weight is 345 g/mol. The molecule has 1 amide bonds. The van der Waals surface area contributed by atoms with Crippen molar-refractivity contribution in [1.82, 2.24) is 14.9 Å². The number of carbonyl (C=O) groups excluding carboxylic acids is 1. The summed E-state index contributed by atoms with van der Waals surface area (Å²) in [7, 11) is 0. The summed E-state index contributed by atoms with van der Waals surface area (Å²) in [5, 5.41) is 2.54. The Labute approximate surface area is 141 Å². The van der Waals surface area contributed by atoms with Crippen LogP contribution in [0.3, 0.4) is 0 Å². The van der Waals surface area contributed by atoms with Crippen molar-refractivity contribution in [1.29, 1.82) is 0 Å². The molecule has 4 nitrogen and oxygen atoms in total. The molecule has 0 spiro atoms. The molecule has 1 aliphatic carbocycles. The van der Waals surface area contributed by atoms with Crippen molar-refractivity contribution in [2.24, 2.45) is 0 Å². The van der Waals surface area contributed by atoms with Crippen LogP contribution in [-0.4, -0.2) is 15.5 Å². The number of hydrogen-bond acceptors (Lipinski definition) is 2. The maximum Gasteiger partial charge on any atom is 0.254 e. The van der Waals surface area contributed by atoms with E-state index in [1.54, 1.807) is 0 Å². The van der Waals surface area contributed by atoms with Gasteiger partial charge in [0.15, 0.2) is 17.5 Å². The summed E-state index contributed by atoms with van der Waals surface area (Å²) in [6.45, 7) is 0.0719. The molecule has 1 saturated carbocycles. The molecule has 0 atom stereocenters. The van der Waals surface area contributed by atoms with E-state index in [9.17, 15) is 18.0 Å². The van der Waals surface area contributed by atoms with Crippen LogP contribution >= 0.6 is 0 Å². The lowest BCUT2D eigenvalue weighted by atomic mass is 10.2. The number of hydrogen-bond donors (Lipinski definition) is 1. The van der Waals surface area contributed by atoms with Crippen molar-refractivity contribution in [2.75, 3.05) is 0 Å². The summed E-state index contributed by atoms with van der Waals surface area (Å²) in [5.74, 6) is -4.64. The monoisotopic (exact) mass is 345 g/mol. The number of para-hydroxylation sites is 2. The molecule has 4 rings (SSSR count). The number of rotatable bonds is 4. The van der Waals surface area contributed by atoms with E-state index < -0.39 is 28.9 Å². The van der Waals surface area contributed by atoms with E-state index in [0.717, 1.165) is 36.0 Å². The van der Waals surface area contributed by atoms with Crippen molar-refractivity contribution < 1.29 is 18.0 Å². The Morgan fingerprint density at radius 2 is 1.88 bits per heavy atom. The van der Waals surface area contributed by atoms with Gasteiger partial charge in [-0.25, -0.2) is 18.2 Å². The third-order valence-electron chi connectivity index (χ3n) is 4.27. The maximum atomic E-state index is 13.7. The summed E-state index contributed by atoms with van der Waals surface area (Å²) in [5.41, 5.74) is 1.26. The zero-order valence-electron chi connectivity index (χ0n) is 13.1. The summed E-state index contributed by atoms with van der Waals surface area (Å²) in [6.07, 6.45) is 2.08. The fourth-order valence-corrected chi connectivity index (χ4v) is 2.92. The topological polar surface area (TPSA) is 46.9 Å². The quantitative estimate of drug-likeness (QED) is 0.733. The van der Waals surface area contributed by atoms with Crippen LogP contribution in [0.1, 0.15) is 35.1 Å². The Hall–Kier alpha value is -2.83. The minimum absolute atomic E-state index is 0.0719. The molecule has 2 aromatic carbocycles. The summed E-state index contributed by atoms with van der Waals surface area (Å²) >= 11 is 0. The summed E-state index contributed by atoms with van der Waals surface area (Å²) in [6, 6.07) is 9.64. The van der Waals surface area contributed by atoms with Crippen LogP contribution in [0.5, 0.6) is 0 Å². The predicted octanol–water partition coefficient (Wildman–Crippen LogP) is 3.72. The highest BCUT2D eigenvalue weighted by molar-refractivity contribution is 5.94. The van der Waals surface area contributed by atoms with Crippen LogP contribution in [-0.2, 0) is 6.54 Å². The molecule has 128 valence electrons. The maximum absolute atomic E-state index is 13.7. The normalized spacial score (nSPS) is 14.0. The van der Waals surface area contributed by atoms with Gasteiger partial charge in [-0.05, 0) is 37.1 Å². The Kier molecular flexibility index (Phi) is 3.71. The highest BCUT2D eigenvalue weighted by atomic mass is 19.2. The number of nitrogens with one attached hydrogen (secondary N) is 1. The van der Waals surface area contributed by atoms with E-state index >= 15 is 0 Å². The van der Waals surface area contributed by atoms with Gasteiger partial charge in [0.05, 0.1) is 23.1 Å². The first kappa shape index (κ1) is 15.7. The van der Waals surface area contributed by atoms with E-state index in [1.807, 2.05) is 24.3 Å². The Balaban J connectivity index is 1.60. The lowest BCUT2D eigenvalue weighted by molar-refractivity contribution is 0.0944. The molecule has 1 heterocycles. The third kappa shape index (κ3) is 2.75. The van der Waals surface area contributed by atoms with Crippen LogP contribution < -0.4 is 5.32 Å². The van der Waals surface area contributed by atoms with Crippen molar-refractivity contribution in [3.63, 3.8) is 0 Å². The molecular formula is C18H14F3N3O. The fraction of sp³-hybridized carbons (Fsp3) is 0.222. The number of amides is 1. The van der Waals surface area contributed by atoms with E-state index in [0.29, 0.717) is 11.9 Å². The molecule has 1 aliphatic rings. The Morgan fingerprint density at radius 1 is 1.12 bits per heavy atom. The number of aromatic nitrogens is 2. The van der Waals surface area contributed by atoms with Crippen LogP contribution in [0.15, 0.2) is 36.4 Å². The van der Waals surface area contributed by atoms with Gasteiger partial charge in [0.2, 0.25) is 0 Å². The highest BCUT2D eigenvalue weighted by Crippen LogP contribution is 2.38. The zero-order chi connectivity index (χ0) is 17.6. The van der Waals surface area contributed by atoms with Crippen LogP contribution in [0.4, 0.5) is 13.2 Å². The molecule has 25 heavy (non-hydrogen) atoms. The standard InChI is InChI=1S/C18H14F3N3O/c19-12-8-7-11(16(20)17(12)21)18(25)22-9-15-23-13-3-1-2-4-14(13)24(15)10-5-6-10/h1-4,7-8,10H,5-6,9H2,(H,22,25). The van der Waals surface area contributed by atoms with Crippen LogP contribution in [0.25, 0.3) is 11.0 Å². The molecular weight excluding hydrogens is 331 g/mol. The zero-order valence-corrected chi connectivity index (χ0v) is 13.1. The molecule has 1 fully saturated rings. The highest BCUT2D eigenvalue weighted by Gasteiger charge is 2.28. The Morgan fingerprint density at radius 3 is 2.64 bits per heavy atom.